The Bertz CT molecular complexity index is 219. The Balaban J connectivity index is 2.38. The van der Waals surface area contributed by atoms with Gasteiger partial charge < -0.3 is 15.2 Å². The molecule has 1 aliphatic rings. The molecule has 3 atom stereocenters. The fourth-order valence-corrected chi connectivity index (χ4v) is 3.06. The summed E-state index contributed by atoms with van der Waals surface area (Å²) < 4.78 is 6.05. The summed E-state index contributed by atoms with van der Waals surface area (Å²) in [4.78, 5) is 0. The van der Waals surface area contributed by atoms with Crippen molar-refractivity contribution in [1.82, 2.24) is 5.32 Å². The highest BCUT2D eigenvalue weighted by Gasteiger charge is 2.35. The molecule has 0 saturated heterocycles. The van der Waals surface area contributed by atoms with E-state index >= 15 is 0 Å². The van der Waals surface area contributed by atoms with Crippen LogP contribution in [-0.4, -0.2) is 36.5 Å². The minimum absolute atomic E-state index is 0.0916. The maximum atomic E-state index is 9.63. The number of hydrogen-bond acceptors (Lipinski definition) is 3. The van der Waals surface area contributed by atoms with Gasteiger partial charge in [0.15, 0.2) is 0 Å². The molecule has 0 heterocycles. The van der Waals surface area contributed by atoms with Crippen LogP contribution in [0.1, 0.15) is 59.3 Å². The van der Waals surface area contributed by atoms with Crippen LogP contribution in [-0.2, 0) is 4.74 Å². The van der Waals surface area contributed by atoms with Crippen LogP contribution in [0.5, 0.6) is 0 Å². The average Bonchev–Trinajstić information content (AvgIpc) is 2.37. The van der Waals surface area contributed by atoms with Gasteiger partial charge in [0.2, 0.25) is 0 Å². The normalized spacial score (nSPS) is 30.3. The Morgan fingerprint density at radius 3 is 2.83 bits per heavy atom. The summed E-state index contributed by atoms with van der Waals surface area (Å²) in [6.45, 7) is 8.59. The van der Waals surface area contributed by atoms with Gasteiger partial charge in [-0.25, -0.2) is 0 Å². The first-order valence-electron chi connectivity index (χ1n) is 7.63. The lowest BCUT2D eigenvalue weighted by Gasteiger charge is -2.40. The first-order valence-corrected chi connectivity index (χ1v) is 7.63. The van der Waals surface area contributed by atoms with Gasteiger partial charge in [0, 0.05) is 12.1 Å². The van der Waals surface area contributed by atoms with Gasteiger partial charge in [-0.15, -0.1) is 0 Å². The highest BCUT2D eigenvalue weighted by molar-refractivity contribution is 4.93. The molecule has 1 saturated carbocycles. The molecule has 0 aromatic rings. The number of ether oxygens (including phenoxy) is 1. The summed E-state index contributed by atoms with van der Waals surface area (Å²) in [7, 11) is 0. The molecule has 0 aliphatic heterocycles. The minimum atomic E-state index is -0.0916. The van der Waals surface area contributed by atoms with Crippen LogP contribution in [0.3, 0.4) is 0 Å². The standard InChI is InChI=1S/C15H31NO2/c1-4-7-13(3)11-18-14-8-6-9-15(10-14,12-17)16-5-2/h13-14,16-17H,4-12H2,1-3H3. The molecule has 1 aliphatic carbocycles. The lowest BCUT2D eigenvalue weighted by atomic mass is 9.80. The fourth-order valence-electron chi connectivity index (χ4n) is 3.06. The molecule has 18 heavy (non-hydrogen) atoms. The summed E-state index contributed by atoms with van der Waals surface area (Å²) in [6.07, 6.45) is 7.12. The zero-order valence-electron chi connectivity index (χ0n) is 12.4. The van der Waals surface area contributed by atoms with Crippen molar-refractivity contribution in [3.8, 4) is 0 Å². The van der Waals surface area contributed by atoms with Crippen molar-refractivity contribution in [3.63, 3.8) is 0 Å². The summed E-state index contributed by atoms with van der Waals surface area (Å²) in [6, 6.07) is 0. The highest BCUT2D eigenvalue weighted by Crippen LogP contribution is 2.30. The molecule has 1 rings (SSSR count). The van der Waals surface area contributed by atoms with Crippen LogP contribution >= 0.6 is 0 Å². The van der Waals surface area contributed by atoms with E-state index in [0.717, 1.165) is 38.8 Å². The lowest BCUT2D eigenvalue weighted by Crippen LogP contribution is -2.53. The number of likely N-dealkylation sites (N-methyl/N-ethyl adjacent to an activating group) is 1. The number of aliphatic hydroxyl groups excluding tert-OH is 1. The van der Waals surface area contributed by atoms with Gasteiger partial charge in [-0.3, -0.25) is 0 Å². The minimum Gasteiger partial charge on any atom is -0.394 e. The van der Waals surface area contributed by atoms with Crippen LogP contribution in [0.25, 0.3) is 0 Å². The van der Waals surface area contributed by atoms with E-state index in [0.29, 0.717) is 12.0 Å². The smallest absolute Gasteiger partial charge is 0.0614 e. The van der Waals surface area contributed by atoms with Gasteiger partial charge in [0.05, 0.1) is 12.7 Å². The SMILES string of the molecule is CCCC(C)COC1CCCC(CO)(NCC)C1. The largest absolute Gasteiger partial charge is 0.394 e. The third-order valence-corrected chi connectivity index (χ3v) is 4.05. The van der Waals surface area contributed by atoms with Gasteiger partial charge in [0.1, 0.15) is 0 Å². The summed E-state index contributed by atoms with van der Waals surface area (Å²) in [5, 5.41) is 13.1. The molecule has 2 N–H and O–H groups in total. The summed E-state index contributed by atoms with van der Waals surface area (Å²) >= 11 is 0. The van der Waals surface area contributed by atoms with Crippen molar-refractivity contribution in [2.24, 2.45) is 5.92 Å². The van der Waals surface area contributed by atoms with Crippen molar-refractivity contribution in [3.05, 3.63) is 0 Å². The van der Waals surface area contributed by atoms with Gasteiger partial charge in [0.25, 0.3) is 0 Å². The summed E-state index contributed by atoms with van der Waals surface area (Å²) in [5.41, 5.74) is -0.0916. The predicted molar refractivity (Wildman–Crippen MR) is 75.8 cm³/mol. The predicted octanol–water partition coefficient (Wildman–Crippen LogP) is 2.72. The quantitative estimate of drug-likeness (QED) is 0.702. The van der Waals surface area contributed by atoms with Crippen molar-refractivity contribution in [2.45, 2.75) is 70.9 Å². The van der Waals surface area contributed by atoms with Gasteiger partial charge >= 0.3 is 0 Å². The van der Waals surface area contributed by atoms with Crippen LogP contribution in [0, 0.1) is 5.92 Å². The molecule has 1 fully saturated rings. The number of hydrogen-bond donors (Lipinski definition) is 2. The third-order valence-electron chi connectivity index (χ3n) is 4.05. The molecule has 0 bridgehead atoms. The second-order valence-electron chi connectivity index (χ2n) is 5.91. The van der Waals surface area contributed by atoms with E-state index in [2.05, 4.69) is 26.1 Å². The van der Waals surface area contributed by atoms with E-state index in [-0.39, 0.29) is 12.1 Å². The average molecular weight is 257 g/mol. The molecule has 0 amide bonds. The molecular formula is C15H31NO2. The Labute approximate surface area is 112 Å². The topological polar surface area (TPSA) is 41.5 Å². The summed E-state index contributed by atoms with van der Waals surface area (Å²) in [5.74, 6) is 0.652. The molecule has 0 spiro atoms. The second-order valence-corrected chi connectivity index (χ2v) is 5.91. The van der Waals surface area contributed by atoms with E-state index in [1.54, 1.807) is 0 Å². The zero-order chi connectivity index (χ0) is 13.4. The molecule has 108 valence electrons. The Morgan fingerprint density at radius 1 is 1.44 bits per heavy atom. The Morgan fingerprint density at radius 2 is 2.22 bits per heavy atom. The monoisotopic (exact) mass is 257 g/mol. The van der Waals surface area contributed by atoms with Crippen LogP contribution in [0.15, 0.2) is 0 Å². The van der Waals surface area contributed by atoms with E-state index in [1.165, 1.54) is 12.8 Å². The number of nitrogens with one attached hydrogen (secondary N) is 1. The zero-order valence-corrected chi connectivity index (χ0v) is 12.4. The van der Waals surface area contributed by atoms with Gasteiger partial charge in [-0.1, -0.05) is 27.2 Å². The molecule has 3 nitrogen and oxygen atoms in total. The first-order chi connectivity index (χ1) is 8.65. The van der Waals surface area contributed by atoms with Crippen molar-refractivity contribution < 1.29 is 9.84 Å². The highest BCUT2D eigenvalue weighted by atomic mass is 16.5. The van der Waals surface area contributed by atoms with E-state index in [1.807, 2.05) is 0 Å². The second kappa shape index (κ2) is 8.13. The van der Waals surface area contributed by atoms with E-state index in [9.17, 15) is 5.11 Å². The molecule has 0 aromatic carbocycles. The van der Waals surface area contributed by atoms with Crippen molar-refractivity contribution in [1.29, 1.82) is 0 Å². The Hall–Kier alpha value is -0.120. The molecule has 3 heteroatoms. The van der Waals surface area contributed by atoms with Gasteiger partial charge in [-0.05, 0) is 44.6 Å². The first kappa shape index (κ1) is 15.9. The maximum Gasteiger partial charge on any atom is 0.0614 e. The molecule has 0 aromatic heterocycles. The van der Waals surface area contributed by atoms with Crippen molar-refractivity contribution >= 4 is 0 Å². The molecule has 0 radical (unpaired) electrons. The Kier molecular flexibility index (Phi) is 7.20. The number of rotatable bonds is 8. The maximum absolute atomic E-state index is 9.63. The number of aliphatic hydroxyl groups is 1. The third kappa shape index (κ3) is 4.87. The van der Waals surface area contributed by atoms with Crippen molar-refractivity contribution in [2.75, 3.05) is 19.8 Å². The van der Waals surface area contributed by atoms with E-state index < -0.39 is 0 Å². The molecule has 3 unspecified atom stereocenters. The van der Waals surface area contributed by atoms with Gasteiger partial charge in [-0.2, -0.15) is 0 Å². The van der Waals surface area contributed by atoms with Crippen LogP contribution in [0.2, 0.25) is 0 Å². The van der Waals surface area contributed by atoms with Crippen LogP contribution < -0.4 is 5.32 Å². The molecular weight excluding hydrogens is 226 g/mol. The van der Waals surface area contributed by atoms with Crippen LogP contribution in [0.4, 0.5) is 0 Å². The fraction of sp³-hybridized carbons (Fsp3) is 1.00. The lowest BCUT2D eigenvalue weighted by molar-refractivity contribution is -0.0274. The van der Waals surface area contributed by atoms with E-state index in [4.69, 9.17) is 4.74 Å².